The lowest BCUT2D eigenvalue weighted by Gasteiger charge is -2.49. The molecule has 0 unspecified atom stereocenters. The molecule has 2 heteroatoms. The Morgan fingerprint density at radius 1 is 1.11 bits per heavy atom. The molecule has 0 radical (unpaired) electrons. The fourth-order valence-electron chi connectivity index (χ4n) is 3.98. The van der Waals surface area contributed by atoms with Crippen LogP contribution in [0, 0.1) is 5.92 Å². The normalized spacial score (nSPS) is 36.2. The number of benzene rings is 1. The van der Waals surface area contributed by atoms with Gasteiger partial charge in [-0.3, -0.25) is 4.79 Å². The highest BCUT2D eigenvalue weighted by atomic mass is 79.9. The maximum Gasteiger partial charge on any atom is 0.146 e. The van der Waals surface area contributed by atoms with E-state index in [2.05, 4.69) is 46.3 Å². The van der Waals surface area contributed by atoms with Crippen molar-refractivity contribution in [2.45, 2.75) is 48.8 Å². The summed E-state index contributed by atoms with van der Waals surface area (Å²) in [6, 6.07) is 10.9. The molecule has 0 amide bonds. The van der Waals surface area contributed by atoms with Crippen LogP contribution in [0.1, 0.15) is 44.1 Å². The van der Waals surface area contributed by atoms with Crippen molar-refractivity contribution in [1.82, 2.24) is 0 Å². The molecule has 96 valence electrons. The summed E-state index contributed by atoms with van der Waals surface area (Å²) in [5.74, 6) is 0.906. The maximum absolute atomic E-state index is 12.0. The highest BCUT2D eigenvalue weighted by Crippen LogP contribution is 2.52. The minimum Gasteiger partial charge on any atom is -0.298 e. The molecule has 1 aromatic rings. The van der Waals surface area contributed by atoms with Crippen LogP contribution in [0.3, 0.4) is 0 Å². The van der Waals surface area contributed by atoms with Crippen molar-refractivity contribution in [1.29, 1.82) is 0 Å². The molecule has 1 aromatic carbocycles. The molecule has 2 fully saturated rings. The monoisotopic (exact) mass is 306 g/mol. The van der Waals surface area contributed by atoms with E-state index in [0.717, 1.165) is 12.8 Å². The third-order valence-corrected chi connectivity index (χ3v) is 6.07. The van der Waals surface area contributed by atoms with Crippen molar-refractivity contribution in [2.75, 3.05) is 0 Å². The molecule has 0 aliphatic heterocycles. The van der Waals surface area contributed by atoms with E-state index in [9.17, 15) is 4.79 Å². The average molecular weight is 307 g/mol. The zero-order chi connectivity index (χ0) is 12.6. The predicted molar refractivity (Wildman–Crippen MR) is 77.0 cm³/mol. The van der Waals surface area contributed by atoms with Crippen molar-refractivity contribution in [2.24, 2.45) is 5.92 Å². The fraction of sp³-hybridized carbons (Fsp3) is 0.562. The Hall–Kier alpha value is -0.630. The Morgan fingerprint density at radius 3 is 2.67 bits per heavy atom. The zero-order valence-electron chi connectivity index (χ0n) is 10.6. The van der Waals surface area contributed by atoms with Crippen LogP contribution in [0.25, 0.3) is 0 Å². The van der Waals surface area contributed by atoms with Gasteiger partial charge in [-0.05, 0) is 30.7 Å². The van der Waals surface area contributed by atoms with Crippen LogP contribution in [0.2, 0.25) is 0 Å². The summed E-state index contributed by atoms with van der Waals surface area (Å²) in [5, 5.41) is 0. The summed E-state index contributed by atoms with van der Waals surface area (Å²) < 4.78 is 0. The van der Waals surface area contributed by atoms with Gasteiger partial charge < -0.3 is 0 Å². The first-order valence-electron chi connectivity index (χ1n) is 6.96. The van der Waals surface area contributed by atoms with Crippen molar-refractivity contribution in [3.05, 3.63) is 35.9 Å². The Morgan fingerprint density at radius 2 is 1.89 bits per heavy atom. The number of alkyl halides is 1. The van der Waals surface area contributed by atoms with Gasteiger partial charge in [0.15, 0.2) is 0 Å². The minimum atomic E-state index is 0.0757. The molecular formula is C16H19BrO. The third-order valence-electron chi connectivity index (χ3n) is 4.92. The second-order valence-electron chi connectivity index (χ2n) is 5.74. The number of hydrogen-bond acceptors (Lipinski definition) is 1. The number of carbonyl (C=O) groups excluding carboxylic acids is 1. The Labute approximate surface area is 117 Å². The predicted octanol–water partition coefficient (Wildman–Crippen LogP) is 4.24. The van der Waals surface area contributed by atoms with Gasteiger partial charge in [0.25, 0.3) is 0 Å². The molecule has 0 spiro atoms. The number of hydrogen-bond donors (Lipinski definition) is 0. The second-order valence-corrected chi connectivity index (χ2v) is 6.73. The summed E-state index contributed by atoms with van der Waals surface area (Å²) in [6.07, 6.45) is 6.80. The molecule has 3 atom stereocenters. The number of ketones is 1. The van der Waals surface area contributed by atoms with Gasteiger partial charge in [-0.2, -0.15) is 0 Å². The number of fused-ring (bicyclic) bond motifs is 1. The molecule has 3 rings (SSSR count). The molecule has 18 heavy (non-hydrogen) atoms. The van der Waals surface area contributed by atoms with Gasteiger partial charge in [-0.25, -0.2) is 0 Å². The number of halogens is 1. The van der Waals surface area contributed by atoms with E-state index in [4.69, 9.17) is 0 Å². The SMILES string of the molecule is O=C1CC[C@]2(c3ccccc3)CCCC[C@H]2[C@@H]1Br. The number of carbonyl (C=O) groups is 1. The summed E-state index contributed by atoms with van der Waals surface area (Å²) in [6.45, 7) is 0. The largest absolute Gasteiger partial charge is 0.298 e. The van der Waals surface area contributed by atoms with E-state index in [1.54, 1.807) is 0 Å². The first-order valence-corrected chi connectivity index (χ1v) is 7.88. The number of rotatable bonds is 1. The first kappa shape index (κ1) is 12.4. The average Bonchev–Trinajstić information content (AvgIpc) is 2.44. The van der Waals surface area contributed by atoms with Gasteiger partial charge in [0.2, 0.25) is 0 Å². The highest BCUT2D eigenvalue weighted by molar-refractivity contribution is 9.10. The summed E-state index contributed by atoms with van der Waals surface area (Å²) in [7, 11) is 0. The van der Waals surface area contributed by atoms with Crippen molar-refractivity contribution < 1.29 is 4.79 Å². The van der Waals surface area contributed by atoms with Gasteiger partial charge in [-0.15, -0.1) is 0 Å². The molecule has 0 bridgehead atoms. The van der Waals surface area contributed by atoms with Gasteiger partial charge in [0, 0.05) is 11.8 Å². The molecule has 0 aromatic heterocycles. The van der Waals surface area contributed by atoms with Crippen molar-refractivity contribution in [3.63, 3.8) is 0 Å². The van der Waals surface area contributed by atoms with E-state index >= 15 is 0 Å². The van der Waals surface area contributed by atoms with Crippen LogP contribution < -0.4 is 0 Å². The molecule has 0 saturated heterocycles. The quantitative estimate of drug-likeness (QED) is 0.709. The Bertz CT molecular complexity index is 442. The summed E-state index contributed by atoms with van der Waals surface area (Å²) >= 11 is 3.68. The van der Waals surface area contributed by atoms with Crippen LogP contribution >= 0.6 is 15.9 Å². The van der Waals surface area contributed by atoms with E-state index in [1.807, 2.05) is 0 Å². The van der Waals surface area contributed by atoms with E-state index in [1.165, 1.54) is 31.2 Å². The van der Waals surface area contributed by atoms with Gasteiger partial charge in [-0.1, -0.05) is 59.1 Å². The summed E-state index contributed by atoms with van der Waals surface area (Å²) in [4.78, 5) is 12.1. The zero-order valence-corrected chi connectivity index (χ0v) is 12.2. The Kier molecular flexibility index (Phi) is 3.31. The first-order chi connectivity index (χ1) is 8.74. The lowest BCUT2D eigenvalue weighted by Crippen LogP contribution is -2.49. The lowest BCUT2D eigenvalue weighted by molar-refractivity contribution is -0.123. The maximum atomic E-state index is 12.0. The molecule has 2 saturated carbocycles. The van der Waals surface area contributed by atoms with Crippen molar-refractivity contribution >= 4 is 21.7 Å². The van der Waals surface area contributed by atoms with E-state index in [0.29, 0.717) is 11.7 Å². The van der Waals surface area contributed by atoms with Crippen LogP contribution in [-0.4, -0.2) is 10.6 Å². The van der Waals surface area contributed by atoms with Gasteiger partial charge >= 0.3 is 0 Å². The third kappa shape index (κ3) is 1.85. The Balaban J connectivity index is 2.03. The fourth-order valence-corrected chi connectivity index (χ4v) is 4.98. The van der Waals surface area contributed by atoms with E-state index in [-0.39, 0.29) is 10.2 Å². The smallest absolute Gasteiger partial charge is 0.146 e. The second kappa shape index (κ2) is 4.80. The van der Waals surface area contributed by atoms with Crippen LogP contribution in [0.4, 0.5) is 0 Å². The molecular weight excluding hydrogens is 288 g/mol. The van der Waals surface area contributed by atoms with Crippen molar-refractivity contribution in [3.8, 4) is 0 Å². The molecule has 2 aliphatic carbocycles. The summed E-state index contributed by atoms with van der Waals surface area (Å²) in [5.41, 5.74) is 1.70. The van der Waals surface area contributed by atoms with Crippen LogP contribution in [0.15, 0.2) is 30.3 Å². The topological polar surface area (TPSA) is 17.1 Å². The van der Waals surface area contributed by atoms with Gasteiger partial charge in [0.1, 0.15) is 5.78 Å². The lowest BCUT2D eigenvalue weighted by atomic mass is 9.56. The molecule has 2 aliphatic rings. The highest BCUT2D eigenvalue weighted by Gasteiger charge is 2.49. The molecule has 1 nitrogen and oxygen atoms in total. The molecule has 0 heterocycles. The van der Waals surface area contributed by atoms with Crippen LogP contribution in [-0.2, 0) is 10.2 Å². The van der Waals surface area contributed by atoms with E-state index < -0.39 is 0 Å². The minimum absolute atomic E-state index is 0.0757. The van der Waals surface area contributed by atoms with Crippen LogP contribution in [0.5, 0.6) is 0 Å². The molecule has 0 N–H and O–H groups in total. The standard InChI is InChI=1S/C16H19BrO/c17-15-13-8-4-5-10-16(13,11-9-14(15)18)12-6-2-1-3-7-12/h1-3,6-7,13,15H,4-5,8-11H2/t13-,15-,16-/m0/s1. The van der Waals surface area contributed by atoms with Gasteiger partial charge in [0.05, 0.1) is 4.83 Å². The number of Topliss-reactive ketones (excluding diaryl/α,β-unsaturated/α-hetero) is 1.